The molecule has 2 heterocycles. The van der Waals surface area contributed by atoms with E-state index in [0.29, 0.717) is 27.9 Å². The number of nitrogens with two attached hydrogens (primary N) is 1. The van der Waals surface area contributed by atoms with Gasteiger partial charge in [-0.1, -0.05) is 12.1 Å². The third-order valence-corrected chi connectivity index (χ3v) is 4.55. The van der Waals surface area contributed by atoms with Crippen molar-refractivity contribution in [3.63, 3.8) is 0 Å². The van der Waals surface area contributed by atoms with Gasteiger partial charge in [0, 0.05) is 28.4 Å². The number of halogens is 1. The van der Waals surface area contributed by atoms with Crippen molar-refractivity contribution in [1.82, 2.24) is 15.0 Å². The summed E-state index contributed by atoms with van der Waals surface area (Å²) in [5, 5.41) is 4.96. The Hall–Kier alpha value is -3.52. The zero-order valence-corrected chi connectivity index (χ0v) is 14.8. The fourth-order valence-electron chi connectivity index (χ4n) is 2.63. The Balaban J connectivity index is 1.79. The third kappa shape index (κ3) is 3.56. The van der Waals surface area contributed by atoms with E-state index in [1.54, 1.807) is 41.9 Å². The van der Waals surface area contributed by atoms with Gasteiger partial charge in [-0.3, -0.25) is 10.1 Å². The number of carbonyl (C=O) groups excluding carboxylic acids is 1. The highest BCUT2D eigenvalue weighted by Gasteiger charge is 2.20. The molecule has 0 saturated heterocycles. The first kappa shape index (κ1) is 16.9. The Labute approximate surface area is 157 Å². The van der Waals surface area contributed by atoms with Crippen LogP contribution < -0.4 is 11.1 Å². The zero-order chi connectivity index (χ0) is 18.8. The monoisotopic (exact) mass is 379 g/mol. The van der Waals surface area contributed by atoms with Gasteiger partial charge in [-0.2, -0.15) is 0 Å². The van der Waals surface area contributed by atoms with Gasteiger partial charge in [0.05, 0.1) is 5.69 Å². The van der Waals surface area contributed by atoms with Gasteiger partial charge in [0.15, 0.2) is 10.8 Å². The summed E-state index contributed by atoms with van der Waals surface area (Å²) in [5.74, 6) is -0.273. The topological polar surface area (TPSA) is 96.7 Å². The first-order valence-corrected chi connectivity index (χ1v) is 8.91. The fraction of sp³-hybridized carbons (Fsp3) is 0. The van der Waals surface area contributed by atoms with Crippen molar-refractivity contribution >= 4 is 28.1 Å². The molecular formula is C19H14FN5OS. The second kappa shape index (κ2) is 7.00. The zero-order valence-electron chi connectivity index (χ0n) is 13.9. The number of nitrogens with zero attached hydrogens (tertiary/aromatic N) is 2. The number of hydrogen-bond acceptors (Lipinski definition) is 5. The lowest BCUT2D eigenvalue weighted by molar-refractivity contribution is 0.102. The molecule has 0 bridgehead atoms. The van der Waals surface area contributed by atoms with Crippen molar-refractivity contribution in [2.45, 2.75) is 0 Å². The molecule has 0 spiro atoms. The fourth-order valence-corrected chi connectivity index (χ4v) is 3.15. The molecule has 0 aliphatic heterocycles. The first-order chi connectivity index (χ1) is 13.1. The highest BCUT2D eigenvalue weighted by molar-refractivity contribution is 7.13. The summed E-state index contributed by atoms with van der Waals surface area (Å²) in [6.45, 7) is 0. The van der Waals surface area contributed by atoms with Gasteiger partial charge >= 0.3 is 0 Å². The number of imidazole rings is 1. The van der Waals surface area contributed by atoms with E-state index >= 15 is 0 Å². The molecular weight excluding hydrogens is 365 g/mol. The SMILES string of the molecule is Nc1cccc(-c2nc(C(=O)Nc3nccs3)c(-c3ccc(F)cc3)[nH]2)c1. The highest BCUT2D eigenvalue weighted by atomic mass is 32.1. The van der Waals surface area contributed by atoms with Gasteiger partial charge in [-0.25, -0.2) is 14.4 Å². The Bertz CT molecular complexity index is 1090. The minimum Gasteiger partial charge on any atom is -0.399 e. The summed E-state index contributed by atoms with van der Waals surface area (Å²) >= 11 is 1.31. The molecule has 0 fully saturated rings. The van der Waals surface area contributed by atoms with Crippen LogP contribution in [-0.4, -0.2) is 20.9 Å². The van der Waals surface area contributed by atoms with Crippen LogP contribution in [0.1, 0.15) is 10.5 Å². The number of anilines is 2. The molecule has 27 heavy (non-hydrogen) atoms. The maximum atomic E-state index is 13.3. The first-order valence-electron chi connectivity index (χ1n) is 8.03. The summed E-state index contributed by atoms with van der Waals surface area (Å²) < 4.78 is 13.3. The number of H-pyrrole nitrogens is 1. The molecule has 0 atom stereocenters. The predicted molar refractivity (Wildman–Crippen MR) is 104 cm³/mol. The molecule has 0 unspecified atom stereocenters. The number of rotatable bonds is 4. The molecule has 0 radical (unpaired) electrons. The normalized spacial score (nSPS) is 10.7. The van der Waals surface area contributed by atoms with E-state index in [0.717, 1.165) is 5.56 Å². The quantitative estimate of drug-likeness (QED) is 0.464. The lowest BCUT2D eigenvalue weighted by Gasteiger charge is -2.03. The van der Waals surface area contributed by atoms with Gasteiger partial charge in [0.2, 0.25) is 0 Å². The molecule has 4 N–H and O–H groups in total. The Morgan fingerprint density at radius 3 is 2.67 bits per heavy atom. The second-order valence-corrected chi connectivity index (χ2v) is 6.63. The number of amides is 1. The van der Waals surface area contributed by atoms with Crippen LogP contribution in [-0.2, 0) is 0 Å². The standard InChI is InChI=1S/C19H14FN5OS/c20-13-6-4-11(5-7-13)15-16(18(26)25-19-22-8-9-27-19)24-17(23-15)12-2-1-3-14(21)10-12/h1-10H,21H2,(H,23,24)(H,22,25,26). The van der Waals surface area contributed by atoms with E-state index in [9.17, 15) is 9.18 Å². The van der Waals surface area contributed by atoms with E-state index in [2.05, 4.69) is 20.3 Å². The van der Waals surface area contributed by atoms with Crippen molar-refractivity contribution < 1.29 is 9.18 Å². The van der Waals surface area contributed by atoms with Crippen molar-refractivity contribution in [1.29, 1.82) is 0 Å². The van der Waals surface area contributed by atoms with E-state index in [4.69, 9.17) is 5.73 Å². The van der Waals surface area contributed by atoms with Crippen molar-refractivity contribution in [3.8, 4) is 22.6 Å². The van der Waals surface area contributed by atoms with Crippen LogP contribution in [0.5, 0.6) is 0 Å². The molecule has 6 nitrogen and oxygen atoms in total. The third-order valence-electron chi connectivity index (χ3n) is 3.86. The molecule has 0 aliphatic carbocycles. The number of hydrogen-bond donors (Lipinski definition) is 3. The molecule has 2 aromatic heterocycles. The summed E-state index contributed by atoms with van der Waals surface area (Å²) in [5.41, 5.74) is 8.49. The Morgan fingerprint density at radius 1 is 1.15 bits per heavy atom. The predicted octanol–water partition coefficient (Wildman–Crippen LogP) is 4.17. The van der Waals surface area contributed by atoms with Crippen LogP contribution in [0.3, 0.4) is 0 Å². The maximum Gasteiger partial charge on any atom is 0.278 e. The molecule has 1 amide bonds. The van der Waals surface area contributed by atoms with Crippen molar-refractivity contribution in [2.24, 2.45) is 0 Å². The number of aromatic nitrogens is 3. The van der Waals surface area contributed by atoms with Gasteiger partial charge in [-0.15, -0.1) is 11.3 Å². The highest BCUT2D eigenvalue weighted by Crippen LogP contribution is 2.28. The summed E-state index contributed by atoms with van der Waals surface area (Å²) in [6.07, 6.45) is 1.60. The summed E-state index contributed by atoms with van der Waals surface area (Å²) in [6, 6.07) is 13.0. The number of nitrogens with one attached hydrogen (secondary N) is 2. The Morgan fingerprint density at radius 2 is 1.96 bits per heavy atom. The maximum absolute atomic E-state index is 13.3. The molecule has 8 heteroatoms. The number of benzene rings is 2. The van der Waals surface area contributed by atoms with E-state index < -0.39 is 5.91 Å². The van der Waals surface area contributed by atoms with Crippen LogP contribution in [0.15, 0.2) is 60.1 Å². The number of carbonyl (C=O) groups is 1. The van der Waals surface area contributed by atoms with Gasteiger partial charge in [0.25, 0.3) is 5.91 Å². The summed E-state index contributed by atoms with van der Waals surface area (Å²) in [4.78, 5) is 24.4. The van der Waals surface area contributed by atoms with E-state index in [1.807, 2.05) is 6.07 Å². The van der Waals surface area contributed by atoms with Crippen LogP contribution in [0, 0.1) is 5.82 Å². The lowest BCUT2D eigenvalue weighted by Crippen LogP contribution is -2.13. The molecule has 4 aromatic rings. The molecule has 0 aliphatic rings. The van der Waals surface area contributed by atoms with E-state index in [1.165, 1.54) is 23.5 Å². The molecule has 0 saturated carbocycles. The molecule has 134 valence electrons. The molecule has 4 rings (SSSR count). The largest absolute Gasteiger partial charge is 0.399 e. The number of aromatic amines is 1. The van der Waals surface area contributed by atoms with Crippen molar-refractivity contribution in [2.75, 3.05) is 11.1 Å². The lowest BCUT2D eigenvalue weighted by atomic mass is 10.1. The van der Waals surface area contributed by atoms with Gasteiger partial charge in [-0.05, 0) is 36.4 Å². The Kier molecular flexibility index (Phi) is 4.39. The average molecular weight is 379 g/mol. The van der Waals surface area contributed by atoms with Crippen LogP contribution in [0.25, 0.3) is 22.6 Å². The van der Waals surface area contributed by atoms with Gasteiger partial charge in [0.1, 0.15) is 11.6 Å². The minimum atomic E-state index is -0.407. The summed E-state index contributed by atoms with van der Waals surface area (Å²) in [7, 11) is 0. The van der Waals surface area contributed by atoms with Crippen LogP contribution in [0.2, 0.25) is 0 Å². The van der Waals surface area contributed by atoms with E-state index in [-0.39, 0.29) is 11.5 Å². The number of thiazole rings is 1. The molecule has 2 aromatic carbocycles. The second-order valence-electron chi connectivity index (χ2n) is 5.73. The average Bonchev–Trinajstić information content (AvgIpc) is 3.32. The van der Waals surface area contributed by atoms with Crippen molar-refractivity contribution in [3.05, 3.63) is 71.6 Å². The van der Waals surface area contributed by atoms with Crippen LogP contribution >= 0.6 is 11.3 Å². The number of nitrogen functional groups attached to an aromatic ring is 1. The minimum absolute atomic E-state index is 0.189. The smallest absolute Gasteiger partial charge is 0.278 e. The van der Waals surface area contributed by atoms with Crippen LogP contribution in [0.4, 0.5) is 15.2 Å². The van der Waals surface area contributed by atoms with Gasteiger partial charge < -0.3 is 10.7 Å².